The normalized spacial score (nSPS) is 10.3. The molecule has 90 valence electrons. The van der Waals surface area contributed by atoms with Crippen LogP contribution in [0.25, 0.3) is 0 Å². The van der Waals surface area contributed by atoms with Gasteiger partial charge in [0.1, 0.15) is 6.61 Å². The number of carbonyl (C=O) groups is 1. The van der Waals surface area contributed by atoms with E-state index in [0.29, 0.717) is 6.61 Å². The highest BCUT2D eigenvalue weighted by atomic mass is 16.5. The molecule has 0 saturated heterocycles. The van der Waals surface area contributed by atoms with Crippen LogP contribution in [0.1, 0.15) is 39.0 Å². The molecule has 0 aromatic heterocycles. The number of ether oxygens (including phenoxy) is 1. The van der Waals surface area contributed by atoms with Crippen LogP contribution >= 0.6 is 0 Å². The van der Waals surface area contributed by atoms with Crippen LogP contribution in [0.5, 0.6) is 0 Å². The quantitative estimate of drug-likeness (QED) is 0.337. The topological polar surface area (TPSA) is 26.3 Å². The molecule has 0 heterocycles. The molecule has 0 aromatic carbocycles. The first-order valence-electron chi connectivity index (χ1n) is 5.72. The Morgan fingerprint density at radius 3 is 2.62 bits per heavy atom. The fourth-order valence-corrected chi connectivity index (χ4v) is 1.25. The second-order valence-electron chi connectivity index (χ2n) is 3.74. The molecule has 0 aliphatic rings. The molecule has 0 fully saturated rings. The van der Waals surface area contributed by atoms with E-state index in [1.165, 1.54) is 12.5 Å². The van der Waals surface area contributed by atoms with Crippen molar-refractivity contribution in [3.05, 3.63) is 37.0 Å². The van der Waals surface area contributed by atoms with Crippen molar-refractivity contribution < 1.29 is 9.53 Å². The van der Waals surface area contributed by atoms with Gasteiger partial charge < -0.3 is 4.74 Å². The Balaban J connectivity index is 3.34. The van der Waals surface area contributed by atoms with Gasteiger partial charge in [-0.3, -0.25) is 4.79 Å². The minimum absolute atomic E-state index is 0.234. The lowest BCUT2D eigenvalue weighted by Gasteiger charge is -2.01. The lowest BCUT2D eigenvalue weighted by molar-refractivity contribution is -0.139. The summed E-state index contributed by atoms with van der Waals surface area (Å²) >= 11 is 0. The standard InChI is InChI=1S/C14H22O2/c1-4-5-10-13(2)11-8-6-7-9-12-16-14(3)15/h4,7,9H,1-2,5-6,8,10-12H2,3H3. The molecule has 0 aliphatic heterocycles. The third-order valence-electron chi connectivity index (χ3n) is 2.15. The molecule has 16 heavy (non-hydrogen) atoms. The minimum atomic E-state index is -0.234. The van der Waals surface area contributed by atoms with Crippen molar-refractivity contribution in [3.8, 4) is 0 Å². The Kier molecular flexibility index (Phi) is 9.38. The summed E-state index contributed by atoms with van der Waals surface area (Å²) in [6.07, 6.45) is 11.1. The highest BCUT2D eigenvalue weighted by Gasteiger charge is 1.92. The van der Waals surface area contributed by atoms with Gasteiger partial charge in [0.05, 0.1) is 0 Å². The van der Waals surface area contributed by atoms with Crippen molar-refractivity contribution in [1.29, 1.82) is 0 Å². The maximum atomic E-state index is 10.4. The molecule has 0 amide bonds. The first-order chi connectivity index (χ1) is 7.66. The Bertz CT molecular complexity index is 251. The molecule has 0 radical (unpaired) electrons. The van der Waals surface area contributed by atoms with Gasteiger partial charge in [-0.15, -0.1) is 6.58 Å². The van der Waals surface area contributed by atoms with Crippen molar-refractivity contribution in [2.75, 3.05) is 6.61 Å². The van der Waals surface area contributed by atoms with Crippen molar-refractivity contribution in [1.82, 2.24) is 0 Å². The molecular weight excluding hydrogens is 200 g/mol. The molecule has 0 aromatic rings. The van der Waals surface area contributed by atoms with Crippen LogP contribution in [0.15, 0.2) is 37.0 Å². The monoisotopic (exact) mass is 222 g/mol. The lowest BCUT2D eigenvalue weighted by Crippen LogP contribution is -1.97. The zero-order valence-electron chi connectivity index (χ0n) is 10.2. The number of rotatable bonds is 9. The Labute approximate surface area is 98.7 Å². The van der Waals surface area contributed by atoms with Crippen molar-refractivity contribution >= 4 is 5.97 Å². The van der Waals surface area contributed by atoms with E-state index in [9.17, 15) is 4.79 Å². The van der Waals surface area contributed by atoms with E-state index in [1.54, 1.807) is 0 Å². The average Bonchev–Trinajstić information content (AvgIpc) is 2.24. The molecule has 0 N–H and O–H groups in total. The first-order valence-corrected chi connectivity index (χ1v) is 5.72. The number of esters is 1. The average molecular weight is 222 g/mol. The van der Waals surface area contributed by atoms with Gasteiger partial charge in [0.2, 0.25) is 0 Å². The summed E-state index contributed by atoms with van der Waals surface area (Å²) in [6.45, 7) is 9.49. The zero-order chi connectivity index (χ0) is 12.2. The van der Waals surface area contributed by atoms with Crippen LogP contribution in [0.4, 0.5) is 0 Å². The predicted molar refractivity (Wildman–Crippen MR) is 68.2 cm³/mol. The summed E-state index contributed by atoms with van der Waals surface area (Å²) < 4.78 is 4.77. The van der Waals surface area contributed by atoms with Crippen LogP contribution in [0.3, 0.4) is 0 Å². The fraction of sp³-hybridized carbons (Fsp3) is 0.500. The summed E-state index contributed by atoms with van der Waals surface area (Å²) in [7, 11) is 0. The van der Waals surface area contributed by atoms with Crippen molar-refractivity contribution in [3.63, 3.8) is 0 Å². The number of carbonyl (C=O) groups excluding carboxylic acids is 1. The molecule has 0 atom stereocenters. The van der Waals surface area contributed by atoms with E-state index in [0.717, 1.165) is 32.1 Å². The van der Waals surface area contributed by atoms with Gasteiger partial charge in [-0.05, 0) is 32.1 Å². The van der Waals surface area contributed by atoms with E-state index in [2.05, 4.69) is 13.2 Å². The SMILES string of the molecule is C=CCCC(=C)CCCC=CCOC(C)=O. The number of allylic oxidation sites excluding steroid dienone is 3. The maximum absolute atomic E-state index is 10.4. The van der Waals surface area contributed by atoms with E-state index in [4.69, 9.17) is 4.74 Å². The Morgan fingerprint density at radius 1 is 1.25 bits per heavy atom. The fourth-order valence-electron chi connectivity index (χ4n) is 1.25. The van der Waals surface area contributed by atoms with Gasteiger partial charge >= 0.3 is 5.97 Å². The zero-order valence-corrected chi connectivity index (χ0v) is 10.2. The lowest BCUT2D eigenvalue weighted by atomic mass is 10.1. The van der Waals surface area contributed by atoms with E-state index in [-0.39, 0.29) is 5.97 Å². The molecule has 0 spiro atoms. The third-order valence-corrected chi connectivity index (χ3v) is 2.15. The number of unbranched alkanes of at least 4 members (excludes halogenated alkanes) is 1. The second-order valence-corrected chi connectivity index (χ2v) is 3.74. The van der Waals surface area contributed by atoms with Crippen molar-refractivity contribution in [2.24, 2.45) is 0 Å². The summed E-state index contributed by atoms with van der Waals surface area (Å²) in [6, 6.07) is 0. The van der Waals surface area contributed by atoms with E-state index in [1.807, 2.05) is 18.2 Å². The molecule has 2 nitrogen and oxygen atoms in total. The minimum Gasteiger partial charge on any atom is -0.462 e. The highest BCUT2D eigenvalue weighted by Crippen LogP contribution is 2.11. The Morgan fingerprint density at radius 2 is 2.00 bits per heavy atom. The van der Waals surface area contributed by atoms with Gasteiger partial charge in [0.25, 0.3) is 0 Å². The van der Waals surface area contributed by atoms with Crippen LogP contribution < -0.4 is 0 Å². The van der Waals surface area contributed by atoms with Gasteiger partial charge in [-0.2, -0.15) is 0 Å². The maximum Gasteiger partial charge on any atom is 0.302 e. The highest BCUT2D eigenvalue weighted by molar-refractivity contribution is 5.65. The first kappa shape index (κ1) is 14.7. The molecule has 0 unspecified atom stereocenters. The summed E-state index contributed by atoms with van der Waals surface area (Å²) in [4.78, 5) is 10.4. The van der Waals surface area contributed by atoms with Crippen LogP contribution in [0, 0.1) is 0 Å². The molecular formula is C14H22O2. The summed E-state index contributed by atoms with van der Waals surface area (Å²) in [5.41, 5.74) is 1.29. The summed E-state index contributed by atoms with van der Waals surface area (Å²) in [5.74, 6) is -0.234. The van der Waals surface area contributed by atoms with Crippen molar-refractivity contribution in [2.45, 2.75) is 39.0 Å². The van der Waals surface area contributed by atoms with Gasteiger partial charge in [0.15, 0.2) is 0 Å². The van der Waals surface area contributed by atoms with Crippen LogP contribution in [0.2, 0.25) is 0 Å². The molecule has 2 heteroatoms. The van der Waals surface area contributed by atoms with E-state index >= 15 is 0 Å². The Hall–Kier alpha value is -1.31. The van der Waals surface area contributed by atoms with Crippen LogP contribution in [-0.2, 0) is 9.53 Å². The van der Waals surface area contributed by atoms with Gasteiger partial charge in [0, 0.05) is 6.92 Å². The molecule has 0 aliphatic carbocycles. The van der Waals surface area contributed by atoms with Gasteiger partial charge in [-0.25, -0.2) is 0 Å². The predicted octanol–water partition coefficient (Wildman–Crippen LogP) is 3.80. The van der Waals surface area contributed by atoms with Crippen LogP contribution in [-0.4, -0.2) is 12.6 Å². The van der Waals surface area contributed by atoms with Gasteiger partial charge in [-0.1, -0.05) is 30.4 Å². The number of hydrogen-bond acceptors (Lipinski definition) is 2. The van der Waals surface area contributed by atoms with E-state index < -0.39 is 0 Å². The largest absolute Gasteiger partial charge is 0.462 e. The molecule has 0 rings (SSSR count). The molecule has 0 bridgehead atoms. The molecule has 0 saturated carbocycles. The summed E-state index contributed by atoms with van der Waals surface area (Å²) in [5, 5.41) is 0. The third kappa shape index (κ3) is 10.8. The number of hydrogen-bond donors (Lipinski definition) is 0. The smallest absolute Gasteiger partial charge is 0.302 e. The second kappa shape index (κ2) is 10.2.